The summed E-state index contributed by atoms with van der Waals surface area (Å²) in [7, 11) is 3.80. The summed E-state index contributed by atoms with van der Waals surface area (Å²) in [4.78, 5) is 16.2. The van der Waals surface area contributed by atoms with Crippen LogP contribution in [0.25, 0.3) is 0 Å². The minimum atomic E-state index is 0.00921. The van der Waals surface area contributed by atoms with Gasteiger partial charge in [-0.15, -0.1) is 0 Å². The van der Waals surface area contributed by atoms with E-state index in [-0.39, 0.29) is 11.9 Å². The van der Waals surface area contributed by atoms with E-state index in [1.807, 2.05) is 19.0 Å². The van der Waals surface area contributed by atoms with Crippen molar-refractivity contribution in [2.75, 3.05) is 40.3 Å². The minimum Gasteiger partial charge on any atom is -0.344 e. The van der Waals surface area contributed by atoms with E-state index in [1.165, 1.54) is 0 Å². The number of hydrogen-bond acceptors (Lipinski definition) is 3. The molecule has 1 aliphatic rings. The van der Waals surface area contributed by atoms with Crippen LogP contribution in [0.3, 0.4) is 0 Å². The Morgan fingerprint density at radius 3 is 2.67 bits per heavy atom. The number of rotatable bonds is 3. The lowest BCUT2D eigenvalue weighted by molar-refractivity contribution is -0.134. The maximum Gasteiger partial charge on any atom is 0.240 e. The normalized spacial score (nSPS) is 29.3. The molecule has 0 saturated carbocycles. The van der Waals surface area contributed by atoms with Gasteiger partial charge in [-0.05, 0) is 19.5 Å². The van der Waals surface area contributed by atoms with Crippen molar-refractivity contribution in [1.82, 2.24) is 15.1 Å². The van der Waals surface area contributed by atoms with Crippen LogP contribution in [-0.4, -0.2) is 62.0 Å². The highest BCUT2D eigenvalue weighted by atomic mass is 16.2. The Labute approximate surface area is 92.6 Å². The van der Waals surface area contributed by atoms with Crippen molar-refractivity contribution in [3.05, 3.63) is 0 Å². The Morgan fingerprint density at radius 1 is 1.47 bits per heavy atom. The zero-order chi connectivity index (χ0) is 11.4. The van der Waals surface area contributed by atoms with Crippen molar-refractivity contribution in [3.63, 3.8) is 0 Å². The number of likely N-dealkylation sites (N-methyl/N-ethyl adjacent to an activating group) is 3. The molecule has 0 aromatic rings. The first-order valence-electron chi connectivity index (χ1n) is 5.73. The van der Waals surface area contributed by atoms with Gasteiger partial charge in [0.1, 0.15) is 6.04 Å². The van der Waals surface area contributed by atoms with E-state index in [0.717, 1.165) is 26.2 Å². The molecule has 4 heteroatoms. The highest BCUT2D eigenvalue weighted by Gasteiger charge is 2.31. The number of nitrogens with zero attached hydrogens (tertiary/aromatic N) is 2. The van der Waals surface area contributed by atoms with E-state index in [1.54, 1.807) is 0 Å². The largest absolute Gasteiger partial charge is 0.344 e. The average Bonchev–Trinajstić information content (AvgIpc) is 2.30. The smallest absolute Gasteiger partial charge is 0.240 e. The number of carbonyl (C=O) groups excluding carboxylic acids is 1. The van der Waals surface area contributed by atoms with Crippen molar-refractivity contribution in [1.29, 1.82) is 0 Å². The second-order valence-corrected chi connectivity index (χ2v) is 4.48. The summed E-state index contributed by atoms with van der Waals surface area (Å²) in [6, 6.07) is 0.00921. The highest BCUT2D eigenvalue weighted by Crippen LogP contribution is 2.13. The first-order valence-corrected chi connectivity index (χ1v) is 5.73. The third-order valence-corrected chi connectivity index (χ3v) is 3.04. The summed E-state index contributed by atoms with van der Waals surface area (Å²) in [6.45, 7) is 7.89. The van der Waals surface area contributed by atoms with Crippen LogP contribution < -0.4 is 5.32 Å². The van der Waals surface area contributed by atoms with E-state index >= 15 is 0 Å². The molecular weight excluding hydrogens is 190 g/mol. The average molecular weight is 213 g/mol. The van der Waals surface area contributed by atoms with Gasteiger partial charge in [-0.25, -0.2) is 0 Å². The predicted octanol–water partition coefficient (Wildman–Crippen LogP) is 0.00440. The number of hydrogen-bond donors (Lipinski definition) is 1. The number of nitrogens with one attached hydrogen (secondary N) is 1. The van der Waals surface area contributed by atoms with Gasteiger partial charge in [-0.3, -0.25) is 9.69 Å². The lowest BCUT2D eigenvalue weighted by Crippen LogP contribution is -2.49. The lowest BCUT2D eigenvalue weighted by atomic mass is 10.1. The number of carbonyl (C=O) groups is 1. The van der Waals surface area contributed by atoms with E-state index < -0.39 is 0 Å². The molecule has 1 aliphatic heterocycles. The third-order valence-electron chi connectivity index (χ3n) is 3.04. The molecule has 1 amide bonds. The Hall–Kier alpha value is -0.610. The van der Waals surface area contributed by atoms with Gasteiger partial charge in [0.15, 0.2) is 0 Å². The van der Waals surface area contributed by atoms with Gasteiger partial charge in [-0.2, -0.15) is 0 Å². The Kier molecular flexibility index (Phi) is 4.54. The fourth-order valence-corrected chi connectivity index (χ4v) is 2.31. The molecule has 1 N–H and O–H groups in total. The third kappa shape index (κ3) is 2.92. The molecular formula is C11H23N3O. The molecule has 2 unspecified atom stereocenters. The van der Waals surface area contributed by atoms with Gasteiger partial charge < -0.3 is 10.2 Å². The van der Waals surface area contributed by atoms with Crippen LogP contribution >= 0.6 is 0 Å². The van der Waals surface area contributed by atoms with Crippen LogP contribution in [0.15, 0.2) is 0 Å². The highest BCUT2D eigenvalue weighted by molar-refractivity contribution is 5.82. The molecule has 0 aromatic carbocycles. The Bertz CT molecular complexity index is 220. The van der Waals surface area contributed by atoms with Crippen LogP contribution in [0, 0.1) is 5.92 Å². The second kappa shape index (κ2) is 5.47. The van der Waals surface area contributed by atoms with Gasteiger partial charge in [0.05, 0.1) is 0 Å². The zero-order valence-corrected chi connectivity index (χ0v) is 10.3. The van der Waals surface area contributed by atoms with Crippen molar-refractivity contribution in [2.24, 2.45) is 5.92 Å². The molecule has 0 spiro atoms. The molecule has 0 aromatic heterocycles. The van der Waals surface area contributed by atoms with Crippen LogP contribution in [0.4, 0.5) is 0 Å². The molecule has 88 valence electrons. The van der Waals surface area contributed by atoms with Crippen LogP contribution in [0.5, 0.6) is 0 Å². The molecule has 4 nitrogen and oxygen atoms in total. The second-order valence-electron chi connectivity index (χ2n) is 4.48. The molecule has 1 heterocycles. The first-order chi connectivity index (χ1) is 7.10. The van der Waals surface area contributed by atoms with Crippen LogP contribution in [0.1, 0.15) is 13.8 Å². The Morgan fingerprint density at radius 2 is 2.13 bits per heavy atom. The monoisotopic (exact) mass is 213 g/mol. The van der Waals surface area contributed by atoms with E-state index in [0.29, 0.717) is 5.92 Å². The molecule has 1 rings (SSSR count). The summed E-state index contributed by atoms with van der Waals surface area (Å²) in [5.41, 5.74) is 0. The van der Waals surface area contributed by atoms with Crippen molar-refractivity contribution in [2.45, 2.75) is 19.9 Å². The van der Waals surface area contributed by atoms with Gasteiger partial charge in [0.2, 0.25) is 5.91 Å². The van der Waals surface area contributed by atoms with Gasteiger partial charge in [0, 0.05) is 26.7 Å². The summed E-state index contributed by atoms with van der Waals surface area (Å²) in [6.07, 6.45) is 0. The molecule has 1 saturated heterocycles. The summed E-state index contributed by atoms with van der Waals surface area (Å²) >= 11 is 0. The standard InChI is InChI=1S/C11H23N3O/c1-5-14-8-9(2)7-13(4)11(15)10(14)6-12-3/h9-10,12H,5-8H2,1-4H3. The maximum atomic E-state index is 12.1. The molecule has 1 fully saturated rings. The van der Waals surface area contributed by atoms with Crippen molar-refractivity contribution >= 4 is 5.91 Å². The zero-order valence-electron chi connectivity index (χ0n) is 10.3. The van der Waals surface area contributed by atoms with E-state index in [9.17, 15) is 4.79 Å². The number of amides is 1. The fraction of sp³-hybridized carbons (Fsp3) is 0.909. The van der Waals surface area contributed by atoms with Crippen LogP contribution in [-0.2, 0) is 4.79 Å². The van der Waals surface area contributed by atoms with Crippen LogP contribution in [0.2, 0.25) is 0 Å². The quantitative estimate of drug-likeness (QED) is 0.717. The first kappa shape index (κ1) is 12.5. The fourth-order valence-electron chi connectivity index (χ4n) is 2.31. The van der Waals surface area contributed by atoms with E-state index in [4.69, 9.17) is 0 Å². The molecule has 0 radical (unpaired) electrons. The summed E-state index contributed by atoms with van der Waals surface area (Å²) in [5, 5.41) is 3.11. The van der Waals surface area contributed by atoms with Crippen molar-refractivity contribution in [3.8, 4) is 0 Å². The van der Waals surface area contributed by atoms with Gasteiger partial charge in [0.25, 0.3) is 0 Å². The molecule has 0 aliphatic carbocycles. The topological polar surface area (TPSA) is 35.6 Å². The minimum absolute atomic E-state index is 0.00921. The van der Waals surface area contributed by atoms with Gasteiger partial charge >= 0.3 is 0 Å². The summed E-state index contributed by atoms with van der Waals surface area (Å²) < 4.78 is 0. The summed E-state index contributed by atoms with van der Waals surface area (Å²) in [5.74, 6) is 0.802. The SMILES string of the molecule is CCN1CC(C)CN(C)C(=O)C1CNC. The van der Waals surface area contributed by atoms with Crippen molar-refractivity contribution < 1.29 is 4.79 Å². The maximum absolute atomic E-state index is 12.1. The van der Waals surface area contributed by atoms with E-state index in [2.05, 4.69) is 24.1 Å². The predicted molar refractivity (Wildman–Crippen MR) is 61.8 cm³/mol. The lowest BCUT2D eigenvalue weighted by Gasteiger charge is -2.28. The van der Waals surface area contributed by atoms with Gasteiger partial charge in [-0.1, -0.05) is 13.8 Å². The Balaban J connectivity index is 2.80. The molecule has 2 atom stereocenters. The molecule has 0 bridgehead atoms. The molecule has 15 heavy (non-hydrogen) atoms.